The minimum absolute atomic E-state index is 0.596. The molecule has 0 saturated carbocycles. The number of hydrogen-bond acceptors (Lipinski definition) is 5. The third-order valence-corrected chi connectivity index (χ3v) is 4.03. The third-order valence-electron chi connectivity index (χ3n) is 3.14. The summed E-state index contributed by atoms with van der Waals surface area (Å²) in [6.45, 7) is 6.00. The van der Waals surface area contributed by atoms with E-state index < -0.39 is 0 Å². The quantitative estimate of drug-likeness (QED) is 0.684. The van der Waals surface area contributed by atoms with Crippen molar-refractivity contribution >= 4 is 22.7 Å². The number of aryl methyl sites for hydroxylation is 3. The van der Waals surface area contributed by atoms with Gasteiger partial charge in [-0.3, -0.25) is 0 Å². The maximum Gasteiger partial charge on any atom is 0.226 e. The Morgan fingerprint density at radius 2 is 1.95 bits per heavy atom. The smallest absolute Gasteiger partial charge is 0.226 e. The number of para-hydroxylation sites is 1. The number of aromatic nitrogens is 3. The van der Waals surface area contributed by atoms with E-state index in [-0.39, 0.29) is 0 Å². The second kappa shape index (κ2) is 5.25. The summed E-state index contributed by atoms with van der Waals surface area (Å²) in [4.78, 5) is 4.73. The summed E-state index contributed by atoms with van der Waals surface area (Å²) in [5.41, 5.74) is 3.50. The number of fused-ring (bicyclic) bond motifs is 1. The highest BCUT2D eigenvalue weighted by Gasteiger charge is 2.08. The number of rotatable bonds is 3. The molecule has 0 aliphatic rings. The zero-order chi connectivity index (χ0) is 14.1. The predicted octanol–water partition coefficient (Wildman–Crippen LogP) is 3.84. The molecule has 0 aliphatic carbocycles. The molecule has 0 fully saturated rings. The lowest BCUT2D eigenvalue weighted by molar-refractivity contribution is 0.485. The first kappa shape index (κ1) is 13.1. The first-order valence-corrected chi connectivity index (χ1v) is 7.41. The fraction of sp³-hybridized carbons (Fsp3) is 0.267. The maximum absolute atomic E-state index is 5.38. The minimum Gasteiger partial charge on any atom is -0.425 e. The molecule has 0 amide bonds. The number of nitrogens with zero attached hydrogens (tertiary/aromatic N) is 3. The molecule has 0 aliphatic heterocycles. The van der Waals surface area contributed by atoms with Crippen molar-refractivity contribution in [2.45, 2.75) is 31.6 Å². The van der Waals surface area contributed by atoms with Gasteiger partial charge in [0.1, 0.15) is 0 Å². The molecule has 2 aromatic heterocycles. The van der Waals surface area contributed by atoms with E-state index in [1.54, 1.807) is 18.7 Å². The Balaban J connectivity index is 1.90. The second-order valence-corrected chi connectivity index (χ2v) is 5.75. The summed E-state index contributed by atoms with van der Waals surface area (Å²) < 4.78 is 5.38. The van der Waals surface area contributed by atoms with Crippen LogP contribution in [0.15, 0.2) is 33.7 Å². The van der Waals surface area contributed by atoms with Crippen LogP contribution >= 0.6 is 11.8 Å². The van der Waals surface area contributed by atoms with Gasteiger partial charge in [0.05, 0.1) is 16.3 Å². The fourth-order valence-corrected chi connectivity index (χ4v) is 2.94. The Morgan fingerprint density at radius 1 is 1.10 bits per heavy atom. The zero-order valence-corrected chi connectivity index (χ0v) is 12.5. The predicted molar refractivity (Wildman–Crippen MR) is 79.8 cm³/mol. The van der Waals surface area contributed by atoms with E-state index in [9.17, 15) is 0 Å². The lowest BCUT2D eigenvalue weighted by Crippen LogP contribution is -1.90. The van der Waals surface area contributed by atoms with Gasteiger partial charge in [-0.05, 0) is 31.0 Å². The Kier molecular flexibility index (Phi) is 3.44. The van der Waals surface area contributed by atoms with Crippen molar-refractivity contribution in [2.24, 2.45) is 0 Å². The molecule has 0 bridgehead atoms. The van der Waals surface area contributed by atoms with Crippen LogP contribution in [0.25, 0.3) is 10.9 Å². The monoisotopic (exact) mass is 285 g/mol. The molecule has 102 valence electrons. The van der Waals surface area contributed by atoms with E-state index in [0.29, 0.717) is 17.5 Å². The first-order chi connectivity index (χ1) is 9.63. The summed E-state index contributed by atoms with van der Waals surface area (Å²) >= 11 is 1.62. The summed E-state index contributed by atoms with van der Waals surface area (Å²) in [5.74, 6) is 1.88. The van der Waals surface area contributed by atoms with Crippen LogP contribution in [0.2, 0.25) is 0 Å². The number of hydrogen-bond donors (Lipinski definition) is 0. The molecule has 0 spiro atoms. The molecule has 0 radical (unpaired) electrons. The van der Waals surface area contributed by atoms with E-state index in [0.717, 1.165) is 10.5 Å². The summed E-state index contributed by atoms with van der Waals surface area (Å²) in [6.07, 6.45) is 0. The van der Waals surface area contributed by atoms with Crippen molar-refractivity contribution in [1.82, 2.24) is 15.2 Å². The number of pyridine rings is 1. The topological polar surface area (TPSA) is 51.8 Å². The SMILES string of the molecule is Cc1nnc(CSc2cc(C)c3cccc(C)c3n2)o1. The molecule has 0 saturated heterocycles. The highest BCUT2D eigenvalue weighted by atomic mass is 32.2. The molecule has 0 N–H and O–H groups in total. The van der Waals surface area contributed by atoms with Crippen LogP contribution in [0.5, 0.6) is 0 Å². The van der Waals surface area contributed by atoms with Crippen molar-refractivity contribution in [3.63, 3.8) is 0 Å². The van der Waals surface area contributed by atoms with Crippen molar-refractivity contribution in [2.75, 3.05) is 0 Å². The van der Waals surface area contributed by atoms with Gasteiger partial charge in [0, 0.05) is 12.3 Å². The van der Waals surface area contributed by atoms with Gasteiger partial charge in [-0.15, -0.1) is 10.2 Å². The lowest BCUT2D eigenvalue weighted by atomic mass is 10.1. The van der Waals surface area contributed by atoms with Crippen LogP contribution in [0.1, 0.15) is 22.9 Å². The minimum atomic E-state index is 0.596. The second-order valence-electron chi connectivity index (χ2n) is 4.75. The van der Waals surface area contributed by atoms with Crippen LogP contribution in [0.3, 0.4) is 0 Å². The summed E-state index contributed by atoms with van der Waals surface area (Å²) in [7, 11) is 0. The van der Waals surface area contributed by atoms with Gasteiger partial charge in [-0.2, -0.15) is 0 Å². The van der Waals surface area contributed by atoms with Crippen LogP contribution in [-0.4, -0.2) is 15.2 Å². The zero-order valence-electron chi connectivity index (χ0n) is 11.7. The van der Waals surface area contributed by atoms with Gasteiger partial charge < -0.3 is 4.42 Å². The molecule has 2 heterocycles. The van der Waals surface area contributed by atoms with Crippen molar-refractivity contribution in [1.29, 1.82) is 0 Å². The largest absolute Gasteiger partial charge is 0.425 e. The number of thioether (sulfide) groups is 1. The van der Waals surface area contributed by atoms with E-state index in [1.165, 1.54) is 16.5 Å². The van der Waals surface area contributed by atoms with E-state index in [1.807, 2.05) is 0 Å². The molecule has 4 nitrogen and oxygen atoms in total. The fourth-order valence-electron chi connectivity index (χ4n) is 2.14. The molecule has 1 aromatic carbocycles. The van der Waals surface area contributed by atoms with E-state index in [4.69, 9.17) is 9.40 Å². The van der Waals surface area contributed by atoms with Crippen LogP contribution in [-0.2, 0) is 5.75 Å². The highest BCUT2D eigenvalue weighted by Crippen LogP contribution is 2.27. The van der Waals surface area contributed by atoms with Crippen LogP contribution in [0.4, 0.5) is 0 Å². The molecular weight excluding hydrogens is 270 g/mol. The van der Waals surface area contributed by atoms with E-state index in [2.05, 4.69) is 48.3 Å². The number of benzene rings is 1. The van der Waals surface area contributed by atoms with Crippen LogP contribution < -0.4 is 0 Å². The molecule has 5 heteroatoms. The Bertz CT molecular complexity index is 767. The lowest BCUT2D eigenvalue weighted by Gasteiger charge is -2.07. The van der Waals surface area contributed by atoms with Gasteiger partial charge in [0.15, 0.2) is 0 Å². The summed E-state index contributed by atoms with van der Waals surface area (Å²) in [5, 5.41) is 10.0. The van der Waals surface area contributed by atoms with Gasteiger partial charge in [0.25, 0.3) is 0 Å². The van der Waals surface area contributed by atoms with Gasteiger partial charge in [0.2, 0.25) is 11.8 Å². The summed E-state index contributed by atoms with van der Waals surface area (Å²) in [6, 6.07) is 8.38. The van der Waals surface area contributed by atoms with Gasteiger partial charge in [-0.1, -0.05) is 30.0 Å². The van der Waals surface area contributed by atoms with E-state index >= 15 is 0 Å². The molecule has 0 atom stereocenters. The standard InChI is InChI=1S/C15H15N3OS/c1-9-5-4-6-12-10(2)7-14(16-15(9)12)20-8-13-18-17-11(3)19-13/h4-7H,8H2,1-3H3. The highest BCUT2D eigenvalue weighted by molar-refractivity contribution is 7.98. The maximum atomic E-state index is 5.38. The molecule has 0 unspecified atom stereocenters. The average Bonchev–Trinajstić information content (AvgIpc) is 2.84. The van der Waals surface area contributed by atoms with Crippen LogP contribution in [0, 0.1) is 20.8 Å². The van der Waals surface area contributed by atoms with Crippen molar-refractivity contribution in [3.05, 3.63) is 47.2 Å². The Hall–Kier alpha value is -1.88. The average molecular weight is 285 g/mol. The molecular formula is C15H15N3OS. The van der Waals surface area contributed by atoms with Crippen molar-refractivity contribution < 1.29 is 4.42 Å². The normalized spacial score (nSPS) is 11.2. The molecule has 3 rings (SSSR count). The van der Waals surface area contributed by atoms with Gasteiger partial charge >= 0.3 is 0 Å². The third kappa shape index (κ3) is 2.54. The first-order valence-electron chi connectivity index (χ1n) is 6.42. The Labute approximate surface area is 121 Å². The van der Waals surface area contributed by atoms with Crippen molar-refractivity contribution in [3.8, 4) is 0 Å². The molecule has 3 aromatic rings. The Morgan fingerprint density at radius 3 is 2.70 bits per heavy atom. The molecule has 20 heavy (non-hydrogen) atoms. The van der Waals surface area contributed by atoms with Gasteiger partial charge in [-0.25, -0.2) is 4.98 Å².